The van der Waals surface area contributed by atoms with E-state index >= 15 is 0 Å². The van der Waals surface area contributed by atoms with Crippen molar-refractivity contribution >= 4 is 23.2 Å². The van der Waals surface area contributed by atoms with E-state index in [9.17, 15) is 4.79 Å². The maximum absolute atomic E-state index is 10.6. The van der Waals surface area contributed by atoms with Crippen molar-refractivity contribution in [2.75, 3.05) is 5.01 Å². The van der Waals surface area contributed by atoms with Crippen LogP contribution in [0.2, 0.25) is 0 Å². The first-order chi connectivity index (χ1) is 11.7. The summed E-state index contributed by atoms with van der Waals surface area (Å²) in [6.07, 6.45) is 2.92. The highest BCUT2D eigenvalue weighted by molar-refractivity contribution is 5.86. The zero-order valence-corrected chi connectivity index (χ0v) is 13.8. The summed E-state index contributed by atoms with van der Waals surface area (Å²) in [7, 11) is 0. The maximum Gasteiger partial charge on any atom is 0.240 e. The van der Waals surface area contributed by atoms with E-state index in [1.807, 2.05) is 42.3 Å². The fourth-order valence-electron chi connectivity index (χ4n) is 2.81. The molecule has 1 aliphatic rings. The molecular weight excluding hydrogens is 302 g/mol. The third kappa shape index (κ3) is 3.21. The maximum atomic E-state index is 10.6. The third-order valence-corrected chi connectivity index (χ3v) is 3.93. The molecule has 0 saturated heterocycles. The average molecular weight is 321 g/mol. The predicted molar refractivity (Wildman–Crippen MR) is 94.7 cm³/mol. The number of para-hydroxylation sites is 3. The first-order valence-corrected chi connectivity index (χ1v) is 7.97. The summed E-state index contributed by atoms with van der Waals surface area (Å²) in [6.45, 7) is 4.11. The quantitative estimate of drug-likeness (QED) is 0.612. The second-order valence-corrected chi connectivity index (χ2v) is 5.61. The summed E-state index contributed by atoms with van der Waals surface area (Å²) >= 11 is 0. The van der Waals surface area contributed by atoms with Gasteiger partial charge in [-0.3, -0.25) is 0 Å². The highest BCUT2D eigenvalue weighted by Crippen LogP contribution is 2.33. The van der Waals surface area contributed by atoms with Crippen molar-refractivity contribution in [2.45, 2.75) is 32.9 Å². The minimum atomic E-state index is -0.263. The number of carbonyl (C=O) groups excluding carboxylic acids is 1. The smallest absolute Gasteiger partial charge is 0.240 e. The van der Waals surface area contributed by atoms with Crippen LogP contribution in [0.5, 0.6) is 5.75 Å². The van der Waals surface area contributed by atoms with Gasteiger partial charge in [-0.2, -0.15) is 10.1 Å². The van der Waals surface area contributed by atoms with E-state index in [2.05, 4.69) is 23.1 Å². The molecule has 0 aliphatic carbocycles. The number of ether oxygens (including phenoxy) is 1. The Bertz CT molecular complexity index is 810. The second-order valence-electron chi connectivity index (χ2n) is 5.61. The van der Waals surface area contributed by atoms with Gasteiger partial charge in [-0.15, -0.1) is 0 Å². The molecule has 0 radical (unpaired) electrons. The van der Waals surface area contributed by atoms with Crippen LogP contribution in [-0.4, -0.2) is 18.0 Å². The van der Waals surface area contributed by atoms with Gasteiger partial charge in [0.1, 0.15) is 11.4 Å². The lowest BCUT2D eigenvalue weighted by molar-refractivity contribution is 0.214. The van der Waals surface area contributed by atoms with Crippen LogP contribution >= 0.6 is 0 Å². The molecule has 1 unspecified atom stereocenters. The lowest BCUT2D eigenvalue weighted by Gasteiger charge is -2.26. The molecule has 1 heterocycles. The topological polar surface area (TPSA) is 54.3 Å². The Kier molecular flexibility index (Phi) is 4.73. The van der Waals surface area contributed by atoms with Crippen molar-refractivity contribution in [1.29, 1.82) is 0 Å². The van der Waals surface area contributed by atoms with Crippen molar-refractivity contribution in [3.8, 4) is 5.75 Å². The number of hydrogen-bond donors (Lipinski definition) is 0. The average Bonchev–Trinajstić information content (AvgIpc) is 2.97. The fraction of sp³-hybridized carbons (Fsp3) is 0.263. The zero-order chi connectivity index (χ0) is 16.9. The van der Waals surface area contributed by atoms with Gasteiger partial charge in [0.25, 0.3) is 0 Å². The van der Waals surface area contributed by atoms with Crippen molar-refractivity contribution in [2.24, 2.45) is 10.1 Å². The molecule has 0 aromatic heterocycles. The Labute approximate surface area is 141 Å². The van der Waals surface area contributed by atoms with Crippen molar-refractivity contribution in [1.82, 2.24) is 0 Å². The van der Waals surface area contributed by atoms with Gasteiger partial charge < -0.3 is 4.74 Å². The number of anilines is 1. The molecule has 0 fully saturated rings. The van der Waals surface area contributed by atoms with Crippen LogP contribution in [0.4, 0.5) is 11.4 Å². The van der Waals surface area contributed by atoms with Gasteiger partial charge in [0.2, 0.25) is 6.08 Å². The highest BCUT2D eigenvalue weighted by Gasteiger charge is 2.29. The van der Waals surface area contributed by atoms with E-state index in [0.29, 0.717) is 17.9 Å². The molecule has 0 spiro atoms. The Morgan fingerprint density at radius 3 is 2.79 bits per heavy atom. The molecule has 1 aliphatic heterocycles. The number of aryl methyl sites for hydroxylation is 1. The monoisotopic (exact) mass is 321 g/mol. The van der Waals surface area contributed by atoms with E-state index in [-0.39, 0.29) is 6.23 Å². The van der Waals surface area contributed by atoms with Crippen LogP contribution in [0.25, 0.3) is 0 Å². The van der Waals surface area contributed by atoms with Gasteiger partial charge >= 0.3 is 0 Å². The number of hydrogen-bond acceptors (Lipinski definition) is 5. The number of isocyanates is 1. The van der Waals surface area contributed by atoms with Crippen LogP contribution in [0.15, 0.2) is 58.6 Å². The lowest BCUT2D eigenvalue weighted by atomic mass is 10.1. The largest absolute Gasteiger partial charge is 0.466 e. The highest BCUT2D eigenvalue weighted by atomic mass is 16.5. The predicted octanol–water partition coefficient (Wildman–Crippen LogP) is 4.21. The summed E-state index contributed by atoms with van der Waals surface area (Å²) in [5.41, 5.74) is 3.73. The Hall–Kier alpha value is -2.91. The van der Waals surface area contributed by atoms with Gasteiger partial charge in [0, 0.05) is 12.1 Å². The molecule has 122 valence electrons. The molecular formula is C19H19N3O2. The molecule has 2 aromatic carbocycles. The van der Waals surface area contributed by atoms with Gasteiger partial charge in [-0.1, -0.05) is 37.3 Å². The molecule has 0 N–H and O–H groups in total. The Morgan fingerprint density at radius 2 is 2.00 bits per heavy atom. The lowest BCUT2D eigenvalue weighted by Crippen LogP contribution is -2.32. The van der Waals surface area contributed by atoms with Gasteiger partial charge in [-0.25, -0.2) is 9.80 Å². The first-order valence-electron chi connectivity index (χ1n) is 7.97. The third-order valence-electron chi connectivity index (χ3n) is 3.93. The molecule has 0 bridgehead atoms. The first kappa shape index (κ1) is 16.0. The Morgan fingerprint density at radius 1 is 1.25 bits per heavy atom. The van der Waals surface area contributed by atoms with E-state index in [0.717, 1.165) is 17.8 Å². The van der Waals surface area contributed by atoms with E-state index in [1.165, 1.54) is 5.56 Å². The van der Waals surface area contributed by atoms with E-state index in [4.69, 9.17) is 4.74 Å². The molecule has 2 aromatic rings. The number of aliphatic imine (C=N–C) groups is 1. The van der Waals surface area contributed by atoms with Crippen LogP contribution in [0.1, 0.15) is 25.8 Å². The van der Waals surface area contributed by atoms with Crippen molar-refractivity contribution in [3.05, 3.63) is 54.1 Å². The SMILES string of the molecule is CCc1ccccc1N1N=C(C)CC1Oc1ccccc1N=C=O. The number of benzene rings is 2. The molecule has 0 saturated carbocycles. The summed E-state index contributed by atoms with van der Waals surface area (Å²) in [6, 6.07) is 15.4. The van der Waals surface area contributed by atoms with Crippen molar-refractivity contribution in [3.63, 3.8) is 0 Å². The summed E-state index contributed by atoms with van der Waals surface area (Å²) in [5.74, 6) is 0.551. The zero-order valence-electron chi connectivity index (χ0n) is 13.8. The minimum absolute atomic E-state index is 0.263. The Balaban J connectivity index is 1.92. The van der Waals surface area contributed by atoms with Gasteiger partial charge in [0.05, 0.1) is 5.69 Å². The second kappa shape index (κ2) is 7.11. The normalized spacial score (nSPS) is 16.5. The van der Waals surface area contributed by atoms with Crippen LogP contribution < -0.4 is 9.75 Å². The fourth-order valence-corrected chi connectivity index (χ4v) is 2.81. The molecule has 5 heteroatoms. The number of hydrazone groups is 1. The summed E-state index contributed by atoms with van der Waals surface area (Å²) in [5, 5.41) is 6.55. The molecule has 3 rings (SSSR count). The van der Waals surface area contributed by atoms with Crippen LogP contribution in [0, 0.1) is 0 Å². The summed E-state index contributed by atoms with van der Waals surface area (Å²) < 4.78 is 6.13. The molecule has 0 amide bonds. The van der Waals surface area contributed by atoms with Crippen LogP contribution in [-0.2, 0) is 11.2 Å². The van der Waals surface area contributed by atoms with Gasteiger partial charge in [-0.05, 0) is 37.1 Å². The van der Waals surface area contributed by atoms with E-state index < -0.39 is 0 Å². The number of nitrogens with zero attached hydrogens (tertiary/aromatic N) is 3. The van der Waals surface area contributed by atoms with Crippen molar-refractivity contribution < 1.29 is 9.53 Å². The minimum Gasteiger partial charge on any atom is -0.466 e. The molecule has 24 heavy (non-hydrogen) atoms. The number of rotatable bonds is 5. The molecule has 5 nitrogen and oxygen atoms in total. The molecule has 1 atom stereocenters. The summed E-state index contributed by atoms with van der Waals surface area (Å²) in [4.78, 5) is 14.3. The van der Waals surface area contributed by atoms with E-state index in [1.54, 1.807) is 18.2 Å². The standard InChI is InChI=1S/C19H19N3O2/c1-3-15-8-4-6-10-17(15)22-19(12-14(2)21-22)24-18-11-7-5-9-16(18)20-13-23/h4-11,19H,3,12H2,1-2H3. The van der Waals surface area contributed by atoms with Crippen LogP contribution in [0.3, 0.4) is 0 Å². The van der Waals surface area contributed by atoms with Gasteiger partial charge in [0.15, 0.2) is 6.23 Å².